The molecule has 0 aromatic carbocycles. The molecule has 0 aliphatic rings. The highest BCUT2D eigenvalue weighted by atomic mass is 31.2. The average Bonchev–Trinajstić information content (AvgIpc) is 3.02. The van der Waals surface area contributed by atoms with Crippen molar-refractivity contribution in [2.24, 2.45) is 0 Å². The summed E-state index contributed by atoms with van der Waals surface area (Å²) in [6.07, 6.45) is 2.30. The van der Waals surface area contributed by atoms with Crippen LogP contribution in [0.5, 0.6) is 0 Å². The SMILES string of the molecule is CCN(CC)c1ncnc2c1ncn2C(CC)(CO)OCP(=O)(O)O. The van der Waals surface area contributed by atoms with Crippen molar-refractivity contribution >= 4 is 24.6 Å². The van der Waals surface area contributed by atoms with E-state index in [1.807, 2.05) is 18.7 Å². The zero-order valence-corrected chi connectivity index (χ0v) is 15.4. The van der Waals surface area contributed by atoms with Gasteiger partial charge in [-0.05, 0) is 20.3 Å². The number of rotatable bonds is 9. The maximum absolute atomic E-state index is 11.2. The fourth-order valence-electron chi connectivity index (χ4n) is 2.66. The van der Waals surface area contributed by atoms with Gasteiger partial charge in [-0.15, -0.1) is 0 Å². The van der Waals surface area contributed by atoms with Gasteiger partial charge in [0.15, 0.2) is 29.1 Å². The highest BCUT2D eigenvalue weighted by Crippen LogP contribution is 2.38. The topological polar surface area (TPSA) is 134 Å². The van der Waals surface area contributed by atoms with Crippen molar-refractivity contribution in [2.75, 3.05) is 30.9 Å². The van der Waals surface area contributed by atoms with Gasteiger partial charge in [0.1, 0.15) is 6.33 Å². The van der Waals surface area contributed by atoms with Gasteiger partial charge in [0, 0.05) is 13.1 Å². The van der Waals surface area contributed by atoms with E-state index in [1.165, 1.54) is 17.2 Å². The Hall–Kier alpha value is -1.58. The summed E-state index contributed by atoms with van der Waals surface area (Å²) >= 11 is 0. The van der Waals surface area contributed by atoms with Gasteiger partial charge in [0.2, 0.25) is 0 Å². The summed E-state index contributed by atoms with van der Waals surface area (Å²) < 4.78 is 18.1. The number of anilines is 1. The molecule has 0 fully saturated rings. The summed E-state index contributed by atoms with van der Waals surface area (Å²) in [7, 11) is -4.39. The second kappa shape index (κ2) is 7.76. The van der Waals surface area contributed by atoms with Crippen LogP contribution >= 0.6 is 7.60 Å². The van der Waals surface area contributed by atoms with Crippen LogP contribution in [0.3, 0.4) is 0 Å². The maximum atomic E-state index is 11.2. The van der Waals surface area contributed by atoms with Gasteiger partial charge in [-0.3, -0.25) is 9.13 Å². The van der Waals surface area contributed by atoms with Crippen molar-refractivity contribution in [1.82, 2.24) is 19.5 Å². The van der Waals surface area contributed by atoms with E-state index in [0.29, 0.717) is 17.0 Å². The molecular weight excluding hydrogens is 349 g/mol. The molecule has 140 valence electrons. The van der Waals surface area contributed by atoms with E-state index in [2.05, 4.69) is 15.0 Å². The Kier molecular flexibility index (Phi) is 6.12. The summed E-state index contributed by atoms with van der Waals surface area (Å²) in [5.41, 5.74) is -0.402. The van der Waals surface area contributed by atoms with Crippen molar-refractivity contribution < 1.29 is 24.2 Å². The molecule has 2 rings (SSSR count). The zero-order chi connectivity index (χ0) is 18.7. The number of aromatic nitrogens is 4. The summed E-state index contributed by atoms with van der Waals surface area (Å²) in [4.78, 5) is 33.1. The molecule has 0 aliphatic heterocycles. The second-order valence-electron chi connectivity index (χ2n) is 5.55. The smallest absolute Gasteiger partial charge is 0.351 e. The van der Waals surface area contributed by atoms with Crippen LogP contribution < -0.4 is 4.90 Å². The third kappa shape index (κ3) is 3.99. The number of aliphatic hydroxyl groups excluding tert-OH is 1. The van der Waals surface area contributed by atoms with Crippen molar-refractivity contribution in [3.05, 3.63) is 12.7 Å². The summed E-state index contributed by atoms with van der Waals surface area (Å²) in [6, 6.07) is 0. The Labute approximate surface area is 145 Å². The van der Waals surface area contributed by atoms with Crippen molar-refractivity contribution in [3.8, 4) is 0 Å². The molecule has 1 unspecified atom stereocenters. The average molecular weight is 373 g/mol. The van der Waals surface area contributed by atoms with Crippen LogP contribution in [0, 0.1) is 0 Å². The lowest BCUT2D eigenvalue weighted by atomic mass is 10.1. The minimum Gasteiger partial charge on any atom is -0.391 e. The normalized spacial score (nSPS) is 14.6. The molecular formula is C14H24N5O5P. The third-order valence-corrected chi connectivity index (χ3v) is 4.58. The zero-order valence-electron chi connectivity index (χ0n) is 14.5. The fourth-order valence-corrected chi connectivity index (χ4v) is 3.06. The van der Waals surface area contributed by atoms with Gasteiger partial charge < -0.3 is 24.5 Å². The number of imidazole rings is 1. The second-order valence-corrected chi connectivity index (χ2v) is 7.14. The molecule has 25 heavy (non-hydrogen) atoms. The Morgan fingerprint density at radius 3 is 2.44 bits per heavy atom. The number of fused-ring (bicyclic) bond motifs is 1. The van der Waals surface area contributed by atoms with E-state index < -0.39 is 26.3 Å². The standard InChI is InChI=1S/C14H24N5O5P/c1-4-14(7-20,24-10-25(21,22)23)19-9-17-11-12(18(5-2)6-3)15-8-16-13(11)19/h8-9,20H,4-7,10H2,1-3H3,(H2,21,22,23). The van der Waals surface area contributed by atoms with Gasteiger partial charge in [0.05, 0.1) is 12.9 Å². The highest BCUT2D eigenvalue weighted by Gasteiger charge is 2.35. The van der Waals surface area contributed by atoms with Gasteiger partial charge in [-0.2, -0.15) is 0 Å². The van der Waals surface area contributed by atoms with E-state index in [4.69, 9.17) is 14.5 Å². The van der Waals surface area contributed by atoms with Crippen molar-refractivity contribution in [3.63, 3.8) is 0 Å². The van der Waals surface area contributed by atoms with E-state index in [0.717, 1.165) is 13.1 Å². The number of nitrogens with zero attached hydrogens (tertiary/aromatic N) is 5. The first-order valence-corrected chi connectivity index (χ1v) is 9.84. The van der Waals surface area contributed by atoms with E-state index in [-0.39, 0.29) is 6.42 Å². The summed E-state index contributed by atoms with van der Waals surface area (Å²) in [6.45, 7) is 6.74. The Balaban J connectivity index is 2.54. The lowest BCUT2D eigenvalue weighted by Gasteiger charge is -2.32. The quantitative estimate of drug-likeness (QED) is 0.548. The Morgan fingerprint density at radius 2 is 1.92 bits per heavy atom. The van der Waals surface area contributed by atoms with E-state index >= 15 is 0 Å². The predicted octanol–water partition coefficient (Wildman–Crippen LogP) is 0.879. The third-order valence-electron chi connectivity index (χ3n) is 4.12. The van der Waals surface area contributed by atoms with E-state index in [9.17, 15) is 9.67 Å². The molecule has 2 aromatic heterocycles. The minimum atomic E-state index is -4.39. The maximum Gasteiger partial charge on any atom is 0.351 e. The number of hydrogen-bond acceptors (Lipinski definition) is 7. The molecule has 2 heterocycles. The van der Waals surface area contributed by atoms with Crippen molar-refractivity contribution in [1.29, 1.82) is 0 Å². The fraction of sp³-hybridized carbons (Fsp3) is 0.643. The van der Waals surface area contributed by atoms with Crippen LogP contribution in [0.25, 0.3) is 11.2 Å². The van der Waals surface area contributed by atoms with Gasteiger partial charge in [0.25, 0.3) is 0 Å². The molecule has 3 N–H and O–H groups in total. The van der Waals surface area contributed by atoms with Crippen LogP contribution in [0.2, 0.25) is 0 Å². The summed E-state index contributed by atoms with van der Waals surface area (Å²) in [5, 5.41) is 9.90. The molecule has 10 nitrogen and oxygen atoms in total. The molecule has 11 heteroatoms. The van der Waals surface area contributed by atoms with Crippen molar-refractivity contribution in [2.45, 2.75) is 32.9 Å². The molecule has 0 saturated heterocycles. The van der Waals surface area contributed by atoms with Gasteiger partial charge in [-0.25, -0.2) is 15.0 Å². The lowest BCUT2D eigenvalue weighted by molar-refractivity contribution is -0.125. The van der Waals surface area contributed by atoms with Gasteiger partial charge in [-0.1, -0.05) is 6.92 Å². The van der Waals surface area contributed by atoms with Crippen LogP contribution in [-0.2, 0) is 15.0 Å². The molecule has 0 amide bonds. The first-order valence-electron chi connectivity index (χ1n) is 8.04. The molecule has 1 atom stereocenters. The first kappa shape index (κ1) is 19.7. The van der Waals surface area contributed by atoms with Crippen LogP contribution in [-0.4, -0.2) is 60.5 Å². The Bertz CT molecular complexity index is 753. The molecule has 0 saturated carbocycles. The highest BCUT2D eigenvalue weighted by molar-refractivity contribution is 7.51. The monoisotopic (exact) mass is 373 g/mol. The Morgan fingerprint density at radius 1 is 1.24 bits per heavy atom. The van der Waals surface area contributed by atoms with Crippen LogP contribution in [0.15, 0.2) is 12.7 Å². The number of ether oxygens (including phenoxy) is 1. The predicted molar refractivity (Wildman–Crippen MR) is 92.2 cm³/mol. The molecule has 0 radical (unpaired) electrons. The summed E-state index contributed by atoms with van der Waals surface area (Å²) in [5.74, 6) is 0.659. The number of aliphatic hydroxyl groups is 1. The van der Waals surface area contributed by atoms with E-state index in [1.54, 1.807) is 6.92 Å². The molecule has 0 bridgehead atoms. The minimum absolute atomic E-state index is 0.263. The molecule has 2 aromatic rings. The molecule has 0 aliphatic carbocycles. The largest absolute Gasteiger partial charge is 0.391 e. The first-order chi connectivity index (χ1) is 11.8. The molecule has 0 spiro atoms. The van der Waals surface area contributed by atoms with Crippen LogP contribution in [0.1, 0.15) is 27.2 Å². The van der Waals surface area contributed by atoms with Crippen LogP contribution in [0.4, 0.5) is 5.82 Å². The lowest BCUT2D eigenvalue weighted by Crippen LogP contribution is -2.40. The number of hydrogen-bond donors (Lipinski definition) is 3. The van der Waals surface area contributed by atoms with Gasteiger partial charge >= 0.3 is 7.60 Å².